The van der Waals surface area contributed by atoms with Crippen LogP contribution in [0.3, 0.4) is 0 Å². The van der Waals surface area contributed by atoms with Gasteiger partial charge in [-0.25, -0.2) is 4.90 Å². The van der Waals surface area contributed by atoms with Crippen molar-refractivity contribution in [2.75, 3.05) is 10.2 Å². The van der Waals surface area contributed by atoms with Gasteiger partial charge in [-0.1, -0.05) is 64.5 Å². The Hall–Kier alpha value is -3.86. The van der Waals surface area contributed by atoms with E-state index in [1.165, 1.54) is 21.6 Å². The van der Waals surface area contributed by atoms with Crippen LogP contribution in [-0.2, 0) is 20.9 Å². The van der Waals surface area contributed by atoms with Gasteiger partial charge in [0.25, 0.3) is 0 Å². The number of phenols is 1. The van der Waals surface area contributed by atoms with Gasteiger partial charge in [-0.15, -0.1) is 0 Å². The van der Waals surface area contributed by atoms with E-state index in [4.69, 9.17) is 11.6 Å². The van der Waals surface area contributed by atoms with Gasteiger partial charge in [-0.2, -0.15) is 0 Å². The quantitative estimate of drug-likeness (QED) is 0.249. The zero-order chi connectivity index (χ0) is 28.1. The molecule has 6 rings (SSSR count). The highest BCUT2D eigenvalue weighted by molar-refractivity contribution is 8.00. The van der Waals surface area contributed by atoms with E-state index < -0.39 is 23.0 Å². The third kappa shape index (κ3) is 4.61. The molecule has 0 radical (unpaired) electrons. The Morgan fingerprint density at radius 1 is 0.950 bits per heavy atom. The first kappa shape index (κ1) is 26.4. The molecule has 202 valence electrons. The third-order valence-electron chi connectivity index (χ3n) is 7.02. The summed E-state index contributed by atoms with van der Waals surface area (Å²) in [7, 11) is 0. The first-order chi connectivity index (χ1) is 19.2. The minimum absolute atomic E-state index is 0.0655. The van der Waals surface area contributed by atoms with Gasteiger partial charge in [-0.05, 0) is 61.0 Å². The Labute approximate surface area is 242 Å². The molecule has 3 aromatic carbocycles. The average Bonchev–Trinajstić information content (AvgIpc) is 3.37. The number of thioether (sulfide) groups is 1. The van der Waals surface area contributed by atoms with E-state index >= 15 is 0 Å². The zero-order valence-corrected chi connectivity index (χ0v) is 23.4. The summed E-state index contributed by atoms with van der Waals surface area (Å²) in [5.41, 5.74) is 2.73. The van der Waals surface area contributed by atoms with Crippen molar-refractivity contribution in [3.63, 3.8) is 0 Å². The number of nitrogens with zero attached hydrogens (tertiary/aromatic N) is 2. The number of rotatable bonds is 5. The molecule has 8 nitrogen and oxygen atoms in total. The maximum Gasteiger partial charge on any atom is 0.308 e. The van der Waals surface area contributed by atoms with E-state index in [0.29, 0.717) is 26.3 Å². The summed E-state index contributed by atoms with van der Waals surface area (Å²) in [5, 5.41) is 12.5. The standard InChI is InChI=1S/C29H22ClN3O5S2/c1-15-2-10-19(11-3-15)33-26(36)23-22(16-4-6-17(30)7-5-16)25-28(39-24(23)27(33)37)32(29(38)40-25)14-21(35)31-18-8-12-20(34)13-9-18/h2-13,22-24,34H,14H2,1H3,(H,31,35)/t22-,23-,24+/m0/s1. The average molecular weight is 592 g/mol. The summed E-state index contributed by atoms with van der Waals surface area (Å²) in [6, 6.07) is 20.3. The minimum Gasteiger partial charge on any atom is -0.508 e. The molecule has 40 heavy (non-hydrogen) atoms. The number of hydrogen-bond acceptors (Lipinski definition) is 7. The summed E-state index contributed by atoms with van der Waals surface area (Å²) < 4.78 is 1.37. The van der Waals surface area contributed by atoms with Crippen molar-refractivity contribution < 1.29 is 19.5 Å². The molecule has 2 N–H and O–H groups in total. The number of halogens is 1. The van der Waals surface area contributed by atoms with Crippen LogP contribution in [0, 0.1) is 12.8 Å². The minimum atomic E-state index is -0.776. The van der Waals surface area contributed by atoms with E-state index in [1.54, 1.807) is 36.4 Å². The van der Waals surface area contributed by atoms with Crippen molar-refractivity contribution in [3.8, 4) is 5.75 Å². The summed E-state index contributed by atoms with van der Waals surface area (Å²) >= 11 is 8.29. The van der Waals surface area contributed by atoms with Gasteiger partial charge in [0.1, 0.15) is 17.5 Å². The molecular formula is C29H22ClN3O5S2. The van der Waals surface area contributed by atoms with Gasteiger partial charge < -0.3 is 10.4 Å². The molecule has 11 heteroatoms. The predicted molar refractivity (Wildman–Crippen MR) is 155 cm³/mol. The molecule has 2 aliphatic rings. The summed E-state index contributed by atoms with van der Waals surface area (Å²) in [4.78, 5) is 55.3. The second-order valence-corrected chi connectivity index (χ2v) is 12.2. The Balaban J connectivity index is 1.40. The van der Waals surface area contributed by atoms with Gasteiger partial charge in [0.2, 0.25) is 17.7 Å². The molecule has 0 spiro atoms. The molecule has 3 amide bonds. The number of benzene rings is 3. The number of thiazole rings is 1. The number of aromatic nitrogens is 1. The van der Waals surface area contributed by atoms with Crippen LogP contribution >= 0.6 is 34.7 Å². The van der Waals surface area contributed by atoms with E-state index in [-0.39, 0.29) is 29.0 Å². The summed E-state index contributed by atoms with van der Waals surface area (Å²) in [6.45, 7) is 1.66. The SMILES string of the molecule is Cc1ccc(N2C(=O)[C@H]3[C@H](c4ccc(Cl)cc4)c4sc(=O)n(CC(=O)Nc5ccc(O)cc5)c4S[C@H]3C2=O)cc1. The first-order valence-electron chi connectivity index (χ1n) is 12.4. The number of aryl methyl sites for hydroxylation is 1. The summed E-state index contributed by atoms with van der Waals surface area (Å²) in [6.07, 6.45) is 0. The fraction of sp³-hybridized carbons (Fsp3) is 0.172. The van der Waals surface area contributed by atoms with E-state index in [0.717, 1.165) is 34.2 Å². The maximum atomic E-state index is 13.9. The van der Waals surface area contributed by atoms with Crippen LogP contribution in [0.5, 0.6) is 5.75 Å². The Bertz CT molecular complexity index is 1700. The van der Waals surface area contributed by atoms with E-state index in [1.807, 2.05) is 31.2 Å². The van der Waals surface area contributed by atoms with Crippen molar-refractivity contribution >= 4 is 63.8 Å². The van der Waals surface area contributed by atoms with Crippen molar-refractivity contribution in [1.82, 2.24) is 4.57 Å². The number of carbonyl (C=O) groups is 3. The fourth-order valence-corrected chi connectivity index (χ4v) is 8.02. The van der Waals surface area contributed by atoms with Crippen LogP contribution in [-0.4, -0.2) is 32.6 Å². The molecule has 1 fully saturated rings. The van der Waals surface area contributed by atoms with Gasteiger partial charge in [0, 0.05) is 21.5 Å². The van der Waals surface area contributed by atoms with Crippen molar-refractivity contribution in [1.29, 1.82) is 0 Å². The van der Waals surface area contributed by atoms with Crippen LogP contribution in [0.4, 0.5) is 11.4 Å². The zero-order valence-electron chi connectivity index (χ0n) is 21.0. The lowest BCUT2D eigenvalue weighted by Gasteiger charge is -2.30. The van der Waals surface area contributed by atoms with E-state index in [9.17, 15) is 24.3 Å². The molecule has 2 aliphatic heterocycles. The Morgan fingerprint density at radius 2 is 1.62 bits per heavy atom. The van der Waals surface area contributed by atoms with Gasteiger partial charge >= 0.3 is 4.87 Å². The summed E-state index contributed by atoms with van der Waals surface area (Å²) in [5.74, 6) is -2.35. The smallest absolute Gasteiger partial charge is 0.308 e. The Kier molecular flexibility index (Phi) is 6.77. The highest BCUT2D eigenvalue weighted by Crippen LogP contribution is 2.53. The molecule has 0 saturated carbocycles. The number of nitrogens with one attached hydrogen (secondary N) is 1. The first-order valence-corrected chi connectivity index (χ1v) is 14.5. The molecule has 0 bridgehead atoms. The van der Waals surface area contributed by atoms with Crippen molar-refractivity contribution in [3.05, 3.63) is 103 Å². The molecule has 1 aromatic heterocycles. The molecular weight excluding hydrogens is 570 g/mol. The van der Waals surface area contributed by atoms with Gasteiger partial charge in [0.15, 0.2) is 0 Å². The number of anilines is 2. The van der Waals surface area contributed by atoms with Crippen LogP contribution in [0.1, 0.15) is 21.9 Å². The third-order valence-corrected chi connectivity index (χ3v) is 9.88. The van der Waals surface area contributed by atoms with Crippen molar-refractivity contribution in [2.24, 2.45) is 5.92 Å². The fourth-order valence-electron chi connectivity index (χ4n) is 5.12. The lowest BCUT2D eigenvalue weighted by atomic mass is 9.83. The molecule has 4 aromatic rings. The normalized spacial score (nSPS) is 19.9. The number of imide groups is 1. The highest BCUT2D eigenvalue weighted by Gasteiger charge is 2.56. The Morgan fingerprint density at radius 3 is 2.30 bits per heavy atom. The molecule has 1 saturated heterocycles. The molecule has 3 heterocycles. The number of phenolic OH excluding ortho intramolecular Hbond substituents is 1. The van der Waals surface area contributed by atoms with Crippen LogP contribution in [0.15, 0.2) is 82.6 Å². The predicted octanol–water partition coefficient (Wildman–Crippen LogP) is 5.01. The topological polar surface area (TPSA) is 109 Å². The van der Waals surface area contributed by atoms with Crippen molar-refractivity contribution in [2.45, 2.75) is 29.7 Å². The second-order valence-electron chi connectivity index (χ2n) is 9.66. The lowest BCUT2D eigenvalue weighted by molar-refractivity contribution is -0.122. The van der Waals surface area contributed by atoms with Gasteiger partial charge in [0.05, 0.1) is 16.6 Å². The van der Waals surface area contributed by atoms with Crippen LogP contribution in [0.25, 0.3) is 0 Å². The lowest BCUT2D eigenvalue weighted by Crippen LogP contribution is -2.33. The molecule has 3 atom stereocenters. The maximum absolute atomic E-state index is 13.9. The number of fused-ring (bicyclic) bond motifs is 2. The molecule has 0 aliphatic carbocycles. The van der Waals surface area contributed by atoms with Gasteiger partial charge in [-0.3, -0.25) is 23.7 Å². The van der Waals surface area contributed by atoms with Crippen LogP contribution < -0.4 is 15.1 Å². The largest absolute Gasteiger partial charge is 0.508 e. The monoisotopic (exact) mass is 591 g/mol. The number of hydrogen-bond donors (Lipinski definition) is 2. The van der Waals surface area contributed by atoms with E-state index in [2.05, 4.69) is 5.32 Å². The van der Waals surface area contributed by atoms with Crippen LogP contribution in [0.2, 0.25) is 5.02 Å². The number of amides is 3. The highest BCUT2D eigenvalue weighted by atomic mass is 35.5. The second kappa shape index (κ2) is 10.3. The number of aromatic hydroxyl groups is 1. The molecule has 0 unspecified atom stereocenters. The number of carbonyl (C=O) groups excluding carboxylic acids is 3.